The highest BCUT2D eigenvalue weighted by Gasteiger charge is 2.24. The zero-order valence-electron chi connectivity index (χ0n) is 9.85. The van der Waals surface area contributed by atoms with E-state index < -0.39 is 20.6 Å². The molecule has 3 N–H and O–H groups in total. The first-order valence-electron chi connectivity index (χ1n) is 5.19. The Balaban J connectivity index is 2.06. The van der Waals surface area contributed by atoms with Gasteiger partial charge in [-0.25, -0.2) is 13.1 Å². The highest BCUT2D eigenvalue weighted by molar-refractivity contribution is 7.91. The van der Waals surface area contributed by atoms with Crippen molar-refractivity contribution >= 4 is 32.0 Å². The molecule has 2 rings (SSSR count). The minimum absolute atomic E-state index is 0.0352. The molecular weight excluding hydrogens is 310 g/mol. The number of anilines is 1. The summed E-state index contributed by atoms with van der Waals surface area (Å²) in [7, 11) is -3.85. The number of thiophene rings is 1. The summed E-state index contributed by atoms with van der Waals surface area (Å²) < 4.78 is 30.4. The van der Waals surface area contributed by atoms with Crippen LogP contribution in [0.25, 0.3) is 0 Å². The second kappa shape index (κ2) is 5.52. The Bertz CT molecular complexity index is 708. The van der Waals surface area contributed by atoms with Gasteiger partial charge in [-0.05, 0) is 0 Å². The van der Waals surface area contributed by atoms with Crippen LogP contribution in [0.3, 0.4) is 0 Å². The Morgan fingerprint density at radius 1 is 1.55 bits per heavy atom. The van der Waals surface area contributed by atoms with E-state index in [9.17, 15) is 18.5 Å². The second-order valence-corrected chi connectivity index (χ2v) is 6.64. The maximum atomic E-state index is 11.9. The monoisotopic (exact) mass is 319 g/mol. The molecule has 0 spiro atoms. The first-order valence-corrected chi connectivity index (χ1v) is 7.49. The standard InChI is InChI=1S/C8H9N5O5S2/c9-8-5(13(14)15)3-7(19-8)20(16,17)11-2-1-6-10-4-18-12-6/h3-4,11H,1-2,9H2. The number of nitrogens with one attached hydrogen (secondary N) is 1. The van der Waals surface area contributed by atoms with Crippen LogP contribution in [0, 0.1) is 10.1 Å². The van der Waals surface area contributed by atoms with Crippen molar-refractivity contribution in [2.45, 2.75) is 10.6 Å². The van der Waals surface area contributed by atoms with Gasteiger partial charge in [0.1, 0.15) is 4.21 Å². The van der Waals surface area contributed by atoms with E-state index in [1.807, 2.05) is 0 Å². The van der Waals surface area contributed by atoms with E-state index >= 15 is 0 Å². The Labute approximate surface area is 116 Å². The summed E-state index contributed by atoms with van der Waals surface area (Å²) in [6.07, 6.45) is 1.37. The molecule has 20 heavy (non-hydrogen) atoms. The van der Waals surface area contributed by atoms with Gasteiger partial charge in [0.05, 0.1) is 4.92 Å². The van der Waals surface area contributed by atoms with Gasteiger partial charge in [0, 0.05) is 19.0 Å². The van der Waals surface area contributed by atoms with Gasteiger partial charge < -0.3 is 10.3 Å². The molecule has 0 fully saturated rings. The van der Waals surface area contributed by atoms with Crippen LogP contribution in [0.15, 0.2) is 21.2 Å². The van der Waals surface area contributed by atoms with Crippen molar-refractivity contribution in [2.75, 3.05) is 12.3 Å². The lowest BCUT2D eigenvalue weighted by atomic mass is 10.4. The summed E-state index contributed by atoms with van der Waals surface area (Å²) in [6.45, 7) is 0.0352. The molecule has 0 saturated carbocycles. The van der Waals surface area contributed by atoms with Crippen LogP contribution in [0.2, 0.25) is 0 Å². The molecule has 0 amide bonds. The van der Waals surface area contributed by atoms with Crippen molar-refractivity contribution in [1.82, 2.24) is 14.9 Å². The minimum Gasteiger partial charge on any atom is -0.385 e. The number of nitrogens with zero attached hydrogens (tertiary/aromatic N) is 3. The molecule has 2 heterocycles. The number of nitrogens with two attached hydrogens (primary N) is 1. The SMILES string of the molecule is Nc1sc(S(=O)(=O)NCCc2ncon2)cc1[N+](=O)[O-]. The van der Waals surface area contributed by atoms with E-state index in [-0.39, 0.29) is 22.2 Å². The zero-order valence-corrected chi connectivity index (χ0v) is 11.5. The maximum absolute atomic E-state index is 11.9. The lowest BCUT2D eigenvalue weighted by molar-refractivity contribution is -0.383. The summed E-state index contributed by atoms with van der Waals surface area (Å²) >= 11 is 0.633. The van der Waals surface area contributed by atoms with E-state index in [0.717, 1.165) is 12.5 Å². The van der Waals surface area contributed by atoms with Gasteiger partial charge in [-0.15, -0.1) is 0 Å². The van der Waals surface area contributed by atoms with E-state index in [1.165, 1.54) is 0 Å². The number of hydrogen-bond acceptors (Lipinski definition) is 9. The lowest BCUT2D eigenvalue weighted by Crippen LogP contribution is -2.25. The summed E-state index contributed by atoms with van der Waals surface area (Å²) in [5, 5.41) is 14.0. The van der Waals surface area contributed by atoms with Gasteiger partial charge in [-0.1, -0.05) is 16.5 Å². The van der Waals surface area contributed by atoms with E-state index in [1.54, 1.807) is 0 Å². The Morgan fingerprint density at radius 2 is 2.30 bits per heavy atom. The summed E-state index contributed by atoms with van der Waals surface area (Å²) in [5.41, 5.74) is 4.97. The van der Waals surface area contributed by atoms with Crippen LogP contribution in [-0.2, 0) is 16.4 Å². The normalized spacial score (nSPS) is 11.6. The van der Waals surface area contributed by atoms with Crippen molar-refractivity contribution in [2.24, 2.45) is 0 Å². The molecule has 0 aromatic carbocycles. The Hall–Kier alpha value is -2.05. The number of nitro groups is 1. The van der Waals surface area contributed by atoms with Crippen LogP contribution >= 0.6 is 11.3 Å². The van der Waals surface area contributed by atoms with Crippen molar-refractivity contribution in [3.63, 3.8) is 0 Å². The van der Waals surface area contributed by atoms with Gasteiger partial charge in [0.2, 0.25) is 16.4 Å². The molecule has 0 saturated heterocycles. The fourth-order valence-corrected chi connectivity index (χ4v) is 3.61. The number of aromatic nitrogens is 2. The van der Waals surface area contributed by atoms with Gasteiger partial charge in [0.25, 0.3) is 0 Å². The third kappa shape index (κ3) is 3.09. The van der Waals surface area contributed by atoms with Crippen LogP contribution in [0.5, 0.6) is 0 Å². The predicted molar refractivity (Wildman–Crippen MR) is 68.6 cm³/mol. The van der Waals surface area contributed by atoms with Crippen molar-refractivity contribution in [1.29, 1.82) is 0 Å². The molecule has 0 radical (unpaired) electrons. The fourth-order valence-electron chi connectivity index (χ4n) is 1.32. The molecule has 0 bridgehead atoms. The topological polar surface area (TPSA) is 154 Å². The third-order valence-electron chi connectivity index (χ3n) is 2.23. The number of rotatable bonds is 6. The van der Waals surface area contributed by atoms with Gasteiger partial charge >= 0.3 is 5.69 Å². The first-order chi connectivity index (χ1) is 9.40. The highest BCUT2D eigenvalue weighted by atomic mass is 32.2. The van der Waals surface area contributed by atoms with E-state index in [0.29, 0.717) is 17.2 Å². The summed E-state index contributed by atoms with van der Waals surface area (Å²) in [4.78, 5) is 13.6. The summed E-state index contributed by atoms with van der Waals surface area (Å²) in [5.74, 6) is 0.351. The van der Waals surface area contributed by atoms with Crippen LogP contribution in [-0.4, -0.2) is 30.0 Å². The molecule has 0 unspecified atom stereocenters. The third-order valence-corrected chi connectivity index (χ3v) is 5.11. The maximum Gasteiger partial charge on any atom is 0.304 e. The van der Waals surface area contributed by atoms with Crippen LogP contribution in [0.1, 0.15) is 5.82 Å². The Morgan fingerprint density at radius 3 is 2.85 bits per heavy atom. The molecule has 2 aromatic rings. The molecule has 108 valence electrons. The van der Waals surface area contributed by atoms with Crippen molar-refractivity contribution in [3.8, 4) is 0 Å². The molecular formula is C8H9N5O5S2. The second-order valence-electron chi connectivity index (χ2n) is 3.57. The average molecular weight is 319 g/mol. The van der Waals surface area contributed by atoms with Gasteiger partial charge in [-0.3, -0.25) is 10.1 Å². The molecule has 0 aliphatic rings. The van der Waals surface area contributed by atoms with Crippen LogP contribution < -0.4 is 10.5 Å². The number of hydrogen-bond donors (Lipinski definition) is 2. The highest BCUT2D eigenvalue weighted by Crippen LogP contribution is 2.34. The zero-order chi connectivity index (χ0) is 14.8. The quantitative estimate of drug-likeness (QED) is 0.563. The lowest BCUT2D eigenvalue weighted by Gasteiger charge is -2.01. The molecule has 2 aromatic heterocycles. The van der Waals surface area contributed by atoms with Crippen molar-refractivity contribution < 1.29 is 17.9 Å². The van der Waals surface area contributed by atoms with Crippen molar-refractivity contribution in [3.05, 3.63) is 28.4 Å². The number of sulfonamides is 1. The van der Waals surface area contributed by atoms with E-state index in [2.05, 4.69) is 19.4 Å². The Kier molecular flexibility index (Phi) is 3.96. The van der Waals surface area contributed by atoms with Gasteiger partial charge in [0.15, 0.2) is 10.8 Å². The molecule has 0 aliphatic carbocycles. The molecule has 0 atom stereocenters. The van der Waals surface area contributed by atoms with Crippen LogP contribution in [0.4, 0.5) is 10.7 Å². The largest absolute Gasteiger partial charge is 0.385 e. The van der Waals surface area contributed by atoms with Gasteiger partial charge in [-0.2, -0.15) is 4.98 Å². The van der Waals surface area contributed by atoms with E-state index in [4.69, 9.17) is 5.73 Å². The minimum atomic E-state index is -3.85. The number of nitrogen functional groups attached to an aromatic ring is 1. The first kappa shape index (κ1) is 14.4. The summed E-state index contributed by atoms with van der Waals surface area (Å²) in [6, 6.07) is 0.927. The predicted octanol–water partition coefficient (Wildman–Crippen LogP) is 0.142. The molecule has 12 heteroatoms. The fraction of sp³-hybridized carbons (Fsp3) is 0.250. The average Bonchev–Trinajstić information content (AvgIpc) is 2.98. The molecule has 0 aliphatic heterocycles. The smallest absolute Gasteiger partial charge is 0.304 e. The molecule has 10 nitrogen and oxygen atoms in total.